The van der Waals surface area contributed by atoms with Crippen LogP contribution in [0.2, 0.25) is 0 Å². The van der Waals surface area contributed by atoms with Crippen molar-refractivity contribution in [2.24, 2.45) is 0 Å². The van der Waals surface area contributed by atoms with E-state index in [-0.39, 0.29) is 12.5 Å². The van der Waals surface area contributed by atoms with Gasteiger partial charge in [-0.2, -0.15) is 0 Å². The maximum atomic E-state index is 12.0. The van der Waals surface area contributed by atoms with Crippen molar-refractivity contribution in [2.75, 3.05) is 11.9 Å². The highest BCUT2D eigenvalue weighted by Crippen LogP contribution is 2.24. The first-order chi connectivity index (χ1) is 10.9. The predicted molar refractivity (Wildman–Crippen MR) is 96.2 cm³/mol. The van der Waals surface area contributed by atoms with Crippen molar-refractivity contribution in [2.45, 2.75) is 27.2 Å². The van der Waals surface area contributed by atoms with Crippen LogP contribution in [-0.4, -0.2) is 18.5 Å². The molecule has 0 saturated heterocycles. The van der Waals surface area contributed by atoms with Gasteiger partial charge >= 0.3 is 5.97 Å². The van der Waals surface area contributed by atoms with Crippen molar-refractivity contribution in [1.29, 1.82) is 0 Å². The summed E-state index contributed by atoms with van der Waals surface area (Å²) >= 11 is 4.78. The lowest BCUT2D eigenvalue weighted by Gasteiger charge is -2.08. The van der Waals surface area contributed by atoms with Gasteiger partial charge in [-0.15, -0.1) is 11.3 Å². The fraction of sp³-hybridized carbons (Fsp3) is 0.294. The topological polar surface area (TPSA) is 55.4 Å². The van der Waals surface area contributed by atoms with E-state index in [1.807, 2.05) is 39.0 Å². The van der Waals surface area contributed by atoms with E-state index in [0.29, 0.717) is 10.6 Å². The first kappa shape index (κ1) is 17.7. The summed E-state index contributed by atoms with van der Waals surface area (Å²) in [5.74, 6) is -0.831. The van der Waals surface area contributed by atoms with Crippen LogP contribution in [0.5, 0.6) is 0 Å². The predicted octanol–water partition coefficient (Wildman–Crippen LogP) is 4.49. The zero-order valence-electron chi connectivity index (χ0n) is 13.2. The lowest BCUT2D eigenvalue weighted by Crippen LogP contribution is -2.20. The van der Waals surface area contributed by atoms with E-state index in [9.17, 15) is 9.59 Å². The van der Waals surface area contributed by atoms with E-state index in [4.69, 9.17) is 4.74 Å². The zero-order valence-corrected chi connectivity index (χ0v) is 15.6. The molecule has 122 valence electrons. The highest BCUT2D eigenvalue weighted by molar-refractivity contribution is 9.10. The molecule has 2 rings (SSSR count). The summed E-state index contributed by atoms with van der Waals surface area (Å²) in [6, 6.07) is 7.43. The third-order valence-electron chi connectivity index (χ3n) is 3.34. The molecule has 1 aromatic heterocycles. The standard InChI is InChI=1S/C17H18BrNO3S/c1-4-12-8-15(23-11(12)3)17(21)22-9-16(20)19-14-6-5-10(2)7-13(14)18/h5-8H,4,9H2,1-3H3,(H,19,20). The van der Waals surface area contributed by atoms with E-state index in [2.05, 4.69) is 21.2 Å². The van der Waals surface area contributed by atoms with Gasteiger partial charge in [0.1, 0.15) is 4.88 Å². The normalized spacial score (nSPS) is 10.4. The molecule has 0 unspecified atom stereocenters. The van der Waals surface area contributed by atoms with Crippen LogP contribution in [0.4, 0.5) is 5.69 Å². The lowest BCUT2D eigenvalue weighted by molar-refractivity contribution is -0.119. The number of halogens is 1. The molecular weight excluding hydrogens is 378 g/mol. The lowest BCUT2D eigenvalue weighted by atomic mass is 10.2. The fourth-order valence-electron chi connectivity index (χ4n) is 2.08. The highest BCUT2D eigenvalue weighted by atomic mass is 79.9. The second kappa shape index (κ2) is 7.75. The van der Waals surface area contributed by atoms with Gasteiger partial charge in [-0.1, -0.05) is 13.0 Å². The van der Waals surface area contributed by atoms with Gasteiger partial charge in [0, 0.05) is 9.35 Å². The van der Waals surface area contributed by atoms with Gasteiger partial charge in [0.05, 0.1) is 5.69 Å². The number of hydrogen-bond acceptors (Lipinski definition) is 4. The quantitative estimate of drug-likeness (QED) is 0.758. The van der Waals surface area contributed by atoms with Crippen molar-refractivity contribution in [3.8, 4) is 0 Å². The van der Waals surface area contributed by atoms with Crippen molar-refractivity contribution in [3.63, 3.8) is 0 Å². The summed E-state index contributed by atoms with van der Waals surface area (Å²) in [6.45, 7) is 5.67. The van der Waals surface area contributed by atoms with Crippen LogP contribution in [0.25, 0.3) is 0 Å². The number of amides is 1. The third kappa shape index (κ3) is 4.65. The monoisotopic (exact) mass is 395 g/mol. The number of aryl methyl sites for hydroxylation is 3. The van der Waals surface area contributed by atoms with E-state index in [0.717, 1.165) is 26.9 Å². The summed E-state index contributed by atoms with van der Waals surface area (Å²) in [7, 11) is 0. The number of esters is 1. The summed E-state index contributed by atoms with van der Waals surface area (Å²) in [6.07, 6.45) is 0.873. The molecule has 23 heavy (non-hydrogen) atoms. The largest absolute Gasteiger partial charge is 0.451 e. The van der Waals surface area contributed by atoms with Crippen molar-refractivity contribution >= 4 is 44.8 Å². The Morgan fingerprint density at radius 2 is 2.00 bits per heavy atom. The number of ether oxygens (including phenoxy) is 1. The van der Waals surface area contributed by atoms with E-state index >= 15 is 0 Å². The number of nitrogens with one attached hydrogen (secondary N) is 1. The third-order valence-corrected chi connectivity index (χ3v) is 5.06. The fourth-order valence-corrected chi connectivity index (χ4v) is 3.68. The van der Waals surface area contributed by atoms with Gasteiger partial charge < -0.3 is 10.1 Å². The molecule has 4 nitrogen and oxygen atoms in total. The smallest absolute Gasteiger partial charge is 0.348 e. The summed E-state index contributed by atoms with van der Waals surface area (Å²) in [5, 5.41) is 2.71. The number of anilines is 1. The van der Waals surface area contributed by atoms with Crippen molar-refractivity contribution in [1.82, 2.24) is 0 Å². The molecule has 0 fully saturated rings. The molecule has 0 aliphatic carbocycles. The maximum absolute atomic E-state index is 12.0. The van der Waals surface area contributed by atoms with Crippen LogP contribution in [0.1, 0.15) is 32.6 Å². The summed E-state index contributed by atoms with van der Waals surface area (Å²) in [4.78, 5) is 25.5. The Bertz CT molecular complexity index is 739. The Labute approximate surface area is 148 Å². The molecular formula is C17H18BrNO3S. The summed E-state index contributed by atoms with van der Waals surface area (Å²) < 4.78 is 5.87. The molecule has 0 atom stereocenters. The molecule has 1 amide bonds. The minimum Gasteiger partial charge on any atom is -0.451 e. The number of thiophene rings is 1. The molecule has 0 aliphatic heterocycles. The second-order valence-electron chi connectivity index (χ2n) is 5.15. The molecule has 1 heterocycles. The van der Waals surface area contributed by atoms with E-state index < -0.39 is 5.97 Å². The van der Waals surface area contributed by atoms with Gasteiger partial charge in [0.2, 0.25) is 0 Å². The van der Waals surface area contributed by atoms with Crippen molar-refractivity contribution in [3.05, 3.63) is 49.6 Å². The van der Waals surface area contributed by atoms with Crippen LogP contribution in [0, 0.1) is 13.8 Å². The average Bonchev–Trinajstić information content (AvgIpc) is 2.89. The molecule has 0 bridgehead atoms. The van der Waals surface area contributed by atoms with Gasteiger partial charge in [-0.3, -0.25) is 4.79 Å². The van der Waals surface area contributed by atoms with E-state index in [1.165, 1.54) is 11.3 Å². The molecule has 6 heteroatoms. The minimum absolute atomic E-state index is 0.308. The van der Waals surface area contributed by atoms with Crippen molar-refractivity contribution < 1.29 is 14.3 Å². The molecule has 0 saturated carbocycles. The molecule has 0 aliphatic rings. The van der Waals surface area contributed by atoms with Gasteiger partial charge in [0.15, 0.2) is 6.61 Å². The average molecular weight is 396 g/mol. The van der Waals surface area contributed by atoms with Crippen LogP contribution in [0.15, 0.2) is 28.7 Å². The van der Waals surface area contributed by atoms with Crippen LogP contribution in [0.3, 0.4) is 0 Å². The number of rotatable bonds is 5. The number of benzene rings is 1. The van der Waals surface area contributed by atoms with Gasteiger partial charge in [-0.25, -0.2) is 4.79 Å². The van der Waals surface area contributed by atoms with Gasteiger partial charge in [0.25, 0.3) is 5.91 Å². The SMILES string of the molecule is CCc1cc(C(=O)OCC(=O)Nc2ccc(C)cc2Br)sc1C. The Hall–Kier alpha value is -1.66. The molecule has 2 aromatic rings. The number of carbonyl (C=O) groups excluding carboxylic acids is 2. The number of carbonyl (C=O) groups is 2. The van der Waals surface area contributed by atoms with E-state index in [1.54, 1.807) is 6.07 Å². The van der Waals surface area contributed by atoms with Gasteiger partial charge in [-0.05, 0) is 65.5 Å². The van der Waals surface area contributed by atoms with Crippen LogP contribution in [-0.2, 0) is 16.0 Å². The number of hydrogen-bond donors (Lipinski definition) is 1. The molecule has 1 N–H and O–H groups in total. The zero-order chi connectivity index (χ0) is 17.0. The maximum Gasteiger partial charge on any atom is 0.348 e. The molecule has 0 radical (unpaired) electrons. The van der Waals surface area contributed by atoms with Crippen LogP contribution >= 0.6 is 27.3 Å². The Morgan fingerprint density at radius 3 is 2.61 bits per heavy atom. The Balaban J connectivity index is 1.91. The van der Waals surface area contributed by atoms with Crippen LogP contribution < -0.4 is 5.32 Å². The molecule has 0 spiro atoms. The molecule has 1 aromatic carbocycles. The minimum atomic E-state index is -0.462. The first-order valence-corrected chi connectivity index (χ1v) is 8.84. The second-order valence-corrected chi connectivity index (χ2v) is 7.26. The first-order valence-electron chi connectivity index (χ1n) is 7.23. The Kier molecular flexibility index (Phi) is 5.96. The summed E-state index contributed by atoms with van der Waals surface area (Å²) in [5.41, 5.74) is 2.87. The Morgan fingerprint density at radius 1 is 1.26 bits per heavy atom. The highest BCUT2D eigenvalue weighted by Gasteiger charge is 2.15.